The summed E-state index contributed by atoms with van der Waals surface area (Å²) >= 11 is 0. The summed E-state index contributed by atoms with van der Waals surface area (Å²) < 4.78 is 72.7. The molecule has 0 radical (unpaired) electrons. The highest BCUT2D eigenvalue weighted by molar-refractivity contribution is 7.89. The zero-order chi connectivity index (χ0) is 22.1. The van der Waals surface area contributed by atoms with Crippen LogP contribution in [0.5, 0.6) is 5.88 Å². The molecule has 0 spiro atoms. The van der Waals surface area contributed by atoms with Gasteiger partial charge in [0.15, 0.2) is 0 Å². The number of nitrogens with zero attached hydrogens (tertiary/aromatic N) is 3. The van der Waals surface area contributed by atoms with Crippen molar-refractivity contribution in [3.8, 4) is 5.88 Å². The number of ether oxygens (including phenoxy) is 1. The van der Waals surface area contributed by atoms with Gasteiger partial charge in [-0.1, -0.05) is 18.2 Å². The first-order chi connectivity index (χ1) is 14.8. The van der Waals surface area contributed by atoms with Gasteiger partial charge >= 0.3 is 6.18 Å². The molecule has 0 bridgehead atoms. The summed E-state index contributed by atoms with van der Waals surface area (Å²) in [4.78, 5) is 8.04. The third-order valence-corrected chi connectivity index (χ3v) is 7.12. The second-order valence-electron chi connectivity index (χ2n) is 7.37. The molecule has 1 aliphatic heterocycles. The van der Waals surface area contributed by atoms with Crippen molar-refractivity contribution in [1.29, 1.82) is 0 Å². The van der Waals surface area contributed by atoms with Crippen LogP contribution in [0.3, 0.4) is 0 Å². The van der Waals surface area contributed by atoms with Crippen molar-refractivity contribution in [3.63, 3.8) is 0 Å². The molecule has 10 heteroatoms. The smallest absolute Gasteiger partial charge is 0.421 e. The second-order valence-corrected chi connectivity index (χ2v) is 9.27. The molecule has 1 atom stereocenters. The molecular weight excluding hydrogens is 431 g/mol. The highest BCUT2D eigenvalue weighted by Gasteiger charge is 2.36. The number of aromatic nitrogens is 2. The lowest BCUT2D eigenvalue weighted by Gasteiger charge is -2.32. The largest absolute Gasteiger partial charge is 0.477 e. The molecule has 1 aliphatic rings. The van der Waals surface area contributed by atoms with E-state index in [9.17, 15) is 21.6 Å². The van der Waals surface area contributed by atoms with Crippen molar-refractivity contribution in [1.82, 2.24) is 14.3 Å². The number of piperidine rings is 1. The topological polar surface area (TPSA) is 72.4 Å². The van der Waals surface area contributed by atoms with Crippen molar-refractivity contribution in [2.24, 2.45) is 5.92 Å². The fourth-order valence-electron chi connectivity index (χ4n) is 3.72. The highest BCUT2D eigenvalue weighted by atomic mass is 32.2. The van der Waals surface area contributed by atoms with Gasteiger partial charge in [-0.05, 0) is 37.1 Å². The van der Waals surface area contributed by atoms with Crippen LogP contribution >= 0.6 is 0 Å². The molecule has 1 fully saturated rings. The maximum absolute atomic E-state index is 13.3. The normalized spacial score (nSPS) is 18.2. The van der Waals surface area contributed by atoms with Crippen molar-refractivity contribution in [2.45, 2.75) is 23.9 Å². The van der Waals surface area contributed by atoms with E-state index in [4.69, 9.17) is 4.74 Å². The first-order valence-corrected chi connectivity index (χ1v) is 11.2. The summed E-state index contributed by atoms with van der Waals surface area (Å²) in [6.07, 6.45) is -0.574. The first kappa shape index (κ1) is 21.5. The summed E-state index contributed by atoms with van der Waals surface area (Å²) in [5, 5.41) is 0.718. The molecule has 0 saturated carbocycles. The minimum Gasteiger partial charge on any atom is -0.477 e. The lowest BCUT2D eigenvalue weighted by molar-refractivity contribution is -0.139. The Morgan fingerprint density at radius 2 is 1.81 bits per heavy atom. The number of para-hydroxylation sites is 1. The molecule has 0 N–H and O–H groups in total. The Kier molecular flexibility index (Phi) is 5.85. The van der Waals surface area contributed by atoms with Crippen LogP contribution in [-0.4, -0.2) is 42.4 Å². The minimum atomic E-state index is -4.58. The van der Waals surface area contributed by atoms with Gasteiger partial charge in [-0.25, -0.2) is 13.4 Å². The molecule has 1 unspecified atom stereocenters. The quantitative estimate of drug-likeness (QED) is 0.583. The van der Waals surface area contributed by atoms with E-state index in [2.05, 4.69) is 9.97 Å². The Morgan fingerprint density at radius 3 is 2.61 bits per heavy atom. The fraction of sp³-hybridized carbons (Fsp3) is 0.333. The molecule has 4 rings (SSSR count). The molecule has 2 aromatic heterocycles. The summed E-state index contributed by atoms with van der Waals surface area (Å²) in [6.45, 7) is 0.430. The lowest BCUT2D eigenvalue weighted by atomic mass is 10.0. The van der Waals surface area contributed by atoms with Gasteiger partial charge in [0.05, 0.1) is 12.1 Å². The number of alkyl halides is 3. The van der Waals surface area contributed by atoms with E-state index in [-0.39, 0.29) is 24.0 Å². The van der Waals surface area contributed by atoms with E-state index in [0.29, 0.717) is 24.9 Å². The summed E-state index contributed by atoms with van der Waals surface area (Å²) in [7, 11) is -3.82. The number of fused-ring (bicyclic) bond motifs is 1. The van der Waals surface area contributed by atoms with Crippen LogP contribution in [0.25, 0.3) is 10.9 Å². The van der Waals surface area contributed by atoms with Gasteiger partial charge in [0.25, 0.3) is 0 Å². The van der Waals surface area contributed by atoms with Crippen molar-refractivity contribution < 1.29 is 26.3 Å². The van der Waals surface area contributed by atoms with Crippen LogP contribution in [0.4, 0.5) is 13.2 Å². The highest BCUT2D eigenvalue weighted by Crippen LogP contribution is 2.35. The zero-order valence-corrected chi connectivity index (χ0v) is 17.2. The van der Waals surface area contributed by atoms with Crippen molar-refractivity contribution >= 4 is 20.9 Å². The van der Waals surface area contributed by atoms with Crippen molar-refractivity contribution in [3.05, 3.63) is 60.4 Å². The molecular formula is C21H20F3N3O3S. The zero-order valence-electron chi connectivity index (χ0n) is 16.4. The maximum Gasteiger partial charge on any atom is 0.421 e. The van der Waals surface area contributed by atoms with Gasteiger partial charge in [0.2, 0.25) is 15.9 Å². The molecule has 0 amide bonds. The van der Waals surface area contributed by atoms with E-state index in [1.807, 2.05) is 0 Å². The number of halogens is 3. The van der Waals surface area contributed by atoms with Crippen LogP contribution in [0.2, 0.25) is 0 Å². The Morgan fingerprint density at radius 1 is 1.06 bits per heavy atom. The number of rotatable bonds is 5. The average molecular weight is 451 g/mol. The first-order valence-electron chi connectivity index (χ1n) is 9.76. The predicted molar refractivity (Wildman–Crippen MR) is 108 cm³/mol. The van der Waals surface area contributed by atoms with Crippen molar-refractivity contribution in [2.75, 3.05) is 19.7 Å². The Bertz CT molecular complexity index is 1180. The van der Waals surface area contributed by atoms with Gasteiger partial charge < -0.3 is 4.74 Å². The van der Waals surface area contributed by atoms with Crippen LogP contribution in [-0.2, 0) is 16.2 Å². The fourth-order valence-corrected chi connectivity index (χ4v) is 5.44. The maximum atomic E-state index is 13.3. The van der Waals surface area contributed by atoms with E-state index >= 15 is 0 Å². The molecule has 3 aromatic rings. The number of sulfonamides is 1. The summed E-state index contributed by atoms with van der Waals surface area (Å²) in [6, 6.07) is 10.6. The molecule has 31 heavy (non-hydrogen) atoms. The average Bonchev–Trinajstić information content (AvgIpc) is 2.77. The second kappa shape index (κ2) is 8.43. The molecule has 6 nitrogen and oxygen atoms in total. The number of hydrogen-bond donors (Lipinski definition) is 0. The molecule has 3 heterocycles. The Labute approximate surface area is 177 Å². The number of benzene rings is 1. The van der Waals surface area contributed by atoms with Gasteiger partial charge in [-0.2, -0.15) is 17.5 Å². The van der Waals surface area contributed by atoms with Crippen LogP contribution in [0.15, 0.2) is 59.8 Å². The standard InChI is InChI=1S/C21H20F3N3O3S/c22-21(23,24)17-8-3-11-26-20(17)30-14-15-5-4-12-27(13-15)31(28,29)18-9-1-6-16-7-2-10-25-19(16)18/h1-3,6-11,15H,4-5,12-14H2. The minimum absolute atomic E-state index is 0.0557. The molecule has 164 valence electrons. The van der Waals surface area contributed by atoms with Gasteiger partial charge in [0, 0.05) is 36.8 Å². The molecule has 0 aliphatic carbocycles. The van der Waals surface area contributed by atoms with Gasteiger partial charge in [0.1, 0.15) is 10.5 Å². The Balaban J connectivity index is 1.51. The van der Waals surface area contributed by atoms with Crippen LogP contribution in [0, 0.1) is 5.92 Å². The third kappa shape index (κ3) is 4.49. The predicted octanol–water partition coefficient (Wildman–Crippen LogP) is 4.13. The van der Waals surface area contributed by atoms with Gasteiger partial charge in [-0.15, -0.1) is 0 Å². The summed E-state index contributed by atoms with van der Waals surface area (Å²) in [5.74, 6) is -0.747. The number of hydrogen-bond acceptors (Lipinski definition) is 5. The van der Waals surface area contributed by atoms with E-state index in [1.165, 1.54) is 22.6 Å². The third-order valence-electron chi connectivity index (χ3n) is 5.23. The van der Waals surface area contributed by atoms with Crippen LogP contribution < -0.4 is 4.74 Å². The summed E-state index contributed by atoms with van der Waals surface area (Å²) in [5.41, 5.74) is -0.552. The molecule has 1 aromatic carbocycles. The van der Waals surface area contributed by atoms with Gasteiger partial charge in [-0.3, -0.25) is 4.98 Å². The van der Waals surface area contributed by atoms with E-state index in [1.54, 1.807) is 30.5 Å². The van der Waals surface area contributed by atoms with Crippen LogP contribution in [0.1, 0.15) is 18.4 Å². The lowest BCUT2D eigenvalue weighted by Crippen LogP contribution is -2.41. The number of pyridine rings is 2. The Hall–Kier alpha value is -2.72. The SMILES string of the molecule is O=S(=O)(c1cccc2cccnc12)N1CCCC(COc2ncccc2C(F)(F)F)C1. The van der Waals surface area contributed by atoms with E-state index < -0.39 is 27.6 Å². The van der Waals surface area contributed by atoms with E-state index in [0.717, 1.165) is 11.5 Å². The monoisotopic (exact) mass is 451 g/mol. The molecule has 1 saturated heterocycles.